The maximum Gasteiger partial charge on any atom is 0.226 e. The molecule has 2 aliphatic rings. The lowest BCUT2D eigenvalue weighted by Gasteiger charge is -2.37. The highest BCUT2D eigenvalue weighted by Gasteiger charge is 2.27. The van der Waals surface area contributed by atoms with Crippen LogP contribution in [0.3, 0.4) is 0 Å². The van der Waals surface area contributed by atoms with Gasteiger partial charge in [0.05, 0.1) is 10.6 Å². The lowest BCUT2D eigenvalue weighted by Crippen LogP contribution is -2.49. The molecule has 0 aliphatic carbocycles. The molecule has 2 aromatic rings. The van der Waals surface area contributed by atoms with Gasteiger partial charge in [0.2, 0.25) is 11.8 Å². The van der Waals surface area contributed by atoms with Crippen molar-refractivity contribution >= 4 is 44.6 Å². The van der Waals surface area contributed by atoms with Crippen molar-refractivity contribution in [3.05, 3.63) is 52.5 Å². The molecule has 2 amide bonds. The summed E-state index contributed by atoms with van der Waals surface area (Å²) in [7, 11) is -3.60. The maximum absolute atomic E-state index is 12.9. The molecule has 2 aliphatic heterocycles. The summed E-state index contributed by atoms with van der Waals surface area (Å²) < 4.78 is 25.9. The van der Waals surface area contributed by atoms with Crippen LogP contribution in [0.4, 0.5) is 11.4 Å². The van der Waals surface area contributed by atoms with Crippen LogP contribution in [0, 0.1) is 6.92 Å². The molecule has 2 heterocycles. The van der Waals surface area contributed by atoms with E-state index in [9.17, 15) is 18.0 Å². The minimum Gasteiger partial charge on any atom is -0.368 e. The summed E-state index contributed by atoms with van der Waals surface area (Å²) in [5.41, 5.74) is 3.85. The van der Waals surface area contributed by atoms with Gasteiger partial charge in [0, 0.05) is 62.0 Å². The number of sulfone groups is 1. The van der Waals surface area contributed by atoms with Crippen LogP contribution in [0.5, 0.6) is 0 Å². The monoisotopic (exact) mass is 503 g/mol. The van der Waals surface area contributed by atoms with E-state index in [0.29, 0.717) is 50.6 Å². The number of fused-ring (bicyclic) bond motifs is 1. The van der Waals surface area contributed by atoms with Crippen molar-refractivity contribution in [2.24, 2.45) is 0 Å². The smallest absolute Gasteiger partial charge is 0.226 e. The van der Waals surface area contributed by atoms with Crippen molar-refractivity contribution in [2.45, 2.75) is 38.0 Å². The topological polar surface area (TPSA) is 78.0 Å². The predicted molar refractivity (Wildman–Crippen MR) is 134 cm³/mol. The van der Waals surface area contributed by atoms with E-state index in [2.05, 4.69) is 4.90 Å². The van der Waals surface area contributed by atoms with Gasteiger partial charge in [-0.25, -0.2) is 8.42 Å². The number of hydrogen-bond acceptors (Lipinski definition) is 5. The fourth-order valence-corrected chi connectivity index (χ4v) is 6.08. The molecule has 34 heavy (non-hydrogen) atoms. The second-order valence-electron chi connectivity index (χ2n) is 8.81. The molecule has 2 aromatic carbocycles. The Morgan fingerprint density at radius 3 is 2.38 bits per heavy atom. The zero-order chi connectivity index (χ0) is 24.5. The molecule has 0 spiro atoms. The van der Waals surface area contributed by atoms with Crippen LogP contribution in [0.25, 0.3) is 0 Å². The van der Waals surface area contributed by atoms with Gasteiger partial charge < -0.3 is 14.7 Å². The molecule has 0 bridgehead atoms. The maximum atomic E-state index is 12.9. The number of amides is 2. The van der Waals surface area contributed by atoms with Gasteiger partial charge in [-0.15, -0.1) is 0 Å². The largest absolute Gasteiger partial charge is 0.368 e. The molecule has 9 heteroatoms. The van der Waals surface area contributed by atoms with Crippen LogP contribution in [0.15, 0.2) is 41.3 Å². The molecule has 7 nitrogen and oxygen atoms in total. The number of carbonyl (C=O) groups is 2. The average molecular weight is 504 g/mol. The molecular weight excluding hydrogens is 474 g/mol. The van der Waals surface area contributed by atoms with E-state index in [1.54, 1.807) is 28.0 Å². The Labute approximate surface area is 206 Å². The number of piperazine rings is 1. The second-order valence-corrected chi connectivity index (χ2v) is 11.4. The zero-order valence-electron chi connectivity index (χ0n) is 19.6. The van der Waals surface area contributed by atoms with Crippen molar-refractivity contribution in [2.75, 3.05) is 48.3 Å². The molecular formula is C25H30ClN3O4S. The highest BCUT2D eigenvalue weighted by atomic mass is 35.5. The van der Waals surface area contributed by atoms with Gasteiger partial charge in [-0.2, -0.15) is 0 Å². The number of aryl methyl sites for hydroxylation is 1. The molecule has 1 saturated heterocycles. The normalized spacial score (nSPS) is 16.0. The fraction of sp³-hybridized carbons (Fsp3) is 0.440. The highest BCUT2D eigenvalue weighted by molar-refractivity contribution is 7.91. The molecule has 0 unspecified atom stereocenters. The SMILES string of the molecule is CCC(=O)N1CCc2cc(S(=O)(=O)CCC(=O)N3CCN(c4cc(Cl)ccc4C)CC3)ccc21. The number of hydrogen-bond donors (Lipinski definition) is 0. The van der Waals surface area contributed by atoms with E-state index in [-0.39, 0.29) is 28.9 Å². The van der Waals surface area contributed by atoms with Crippen LogP contribution in [0.1, 0.15) is 30.9 Å². The number of rotatable bonds is 6. The molecule has 182 valence electrons. The molecule has 1 fully saturated rings. The third-order valence-electron chi connectivity index (χ3n) is 6.64. The number of halogens is 1. The Hall–Kier alpha value is -2.58. The van der Waals surface area contributed by atoms with Crippen LogP contribution in [-0.2, 0) is 25.8 Å². The predicted octanol–water partition coefficient (Wildman–Crippen LogP) is 3.46. The average Bonchev–Trinajstić information content (AvgIpc) is 3.27. The molecule has 0 atom stereocenters. The van der Waals surface area contributed by atoms with Crippen LogP contribution in [-0.4, -0.2) is 63.6 Å². The number of anilines is 2. The summed E-state index contributed by atoms with van der Waals surface area (Å²) in [5.74, 6) is -0.340. The Morgan fingerprint density at radius 2 is 1.68 bits per heavy atom. The Morgan fingerprint density at radius 1 is 0.941 bits per heavy atom. The summed E-state index contributed by atoms with van der Waals surface area (Å²) in [5, 5.41) is 0.681. The van der Waals surface area contributed by atoms with Crippen LogP contribution < -0.4 is 9.80 Å². The van der Waals surface area contributed by atoms with E-state index in [1.807, 2.05) is 32.0 Å². The van der Waals surface area contributed by atoms with Gasteiger partial charge in [-0.05, 0) is 54.8 Å². The summed E-state index contributed by atoms with van der Waals surface area (Å²) >= 11 is 6.14. The van der Waals surface area contributed by atoms with Crippen molar-refractivity contribution in [1.82, 2.24) is 4.90 Å². The van der Waals surface area contributed by atoms with Crippen molar-refractivity contribution in [3.63, 3.8) is 0 Å². The van der Waals surface area contributed by atoms with E-state index in [1.165, 1.54) is 0 Å². The van der Waals surface area contributed by atoms with Gasteiger partial charge >= 0.3 is 0 Å². The molecule has 0 aromatic heterocycles. The highest BCUT2D eigenvalue weighted by Crippen LogP contribution is 2.31. The molecule has 4 rings (SSSR count). The van der Waals surface area contributed by atoms with E-state index < -0.39 is 9.84 Å². The molecule has 0 saturated carbocycles. The molecule has 0 radical (unpaired) electrons. The fourth-order valence-electron chi connectivity index (χ4n) is 4.64. The van der Waals surface area contributed by atoms with Gasteiger partial charge in [0.25, 0.3) is 0 Å². The first kappa shape index (κ1) is 24.5. The standard InChI is InChI=1S/C25H30ClN3O4S/c1-3-24(30)29-10-8-19-16-21(6-7-22(19)29)34(32,33)15-9-25(31)28-13-11-27(12-14-28)23-17-20(26)5-4-18(23)2/h4-7,16-17H,3,8-15H2,1-2H3. The third kappa shape index (κ3) is 5.08. The van der Waals surface area contributed by atoms with E-state index >= 15 is 0 Å². The lowest BCUT2D eigenvalue weighted by molar-refractivity contribution is -0.131. The second kappa shape index (κ2) is 9.96. The van der Waals surface area contributed by atoms with Gasteiger partial charge in [-0.1, -0.05) is 24.6 Å². The number of nitrogens with zero attached hydrogens (tertiary/aromatic N) is 3. The molecule has 0 N–H and O–H groups in total. The van der Waals surface area contributed by atoms with E-state index in [4.69, 9.17) is 11.6 Å². The quantitative estimate of drug-likeness (QED) is 0.603. The minimum absolute atomic E-state index is 0.0329. The first-order valence-corrected chi connectivity index (χ1v) is 13.7. The Bertz CT molecular complexity index is 1210. The minimum atomic E-state index is -3.60. The Balaban J connectivity index is 1.34. The summed E-state index contributed by atoms with van der Waals surface area (Å²) in [4.78, 5) is 30.7. The van der Waals surface area contributed by atoms with Crippen molar-refractivity contribution in [1.29, 1.82) is 0 Å². The third-order valence-corrected chi connectivity index (χ3v) is 8.59. The number of benzene rings is 2. The summed E-state index contributed by atoms with van der Waals surface area (Å²) in [6.45, 7) is 6.87. The van der Waals surface area contributed by atoms with Gasteiger partial charge in [-0.3, -0.25) is 9.59 Å². The van der Waals surface area contributed by atoms with Crippen LogP contribution in [0.2, 0.25) is 5.02 Å². The van der Waals surface area contributed by atoms with Crippen molar-refractivity contribution < 1.29 is 18.0 Å². The number of carbonyl (C=O) groups excluding carboxylic acids is 2. The van der Waals surface area contributed by atoms with Crippen LogP contribution >= 0.6 is 11.6 Å². The first-order chi connectivity index (χ1) is 16.2. The lowest BCUT2D eigenvalue weighted by atomic mass is 10.1. The zero-order valence-corrected chi connectivity index (χ0v) is 21.2. The Kier molecular flexibility index (Phi) is 7.19. The summed E-state index contributed by atoms with van der Waals surface area (Å²) in [6, 6.07) is 10.7. The first-order valence-electron chi connectivity index (χ1n) is 11.6. The summed E-state index contributed by atoms with van der Waals surface area (Å²) in [6.07, 6.45) is 1.00. The van der Waals surface area contributed by atoms with E-state index in [0.717, 1.165) is 22.5 Å². The van der Waals surface area contributed by atoms with Gasteiger partial charge in [0.15, 0.2) is 9.84 Å². The van der Waals surface area contributed by atoms with Gasteiger partial charge in [0.1, 0.15) is 0 Å². The van der Waals surface area contributed by atoms with Crippen molar-refractivity contribution in [3.8, 4) is 0 Å².